The first-order chi connectivity index (χ1) is 11.6. The Balaban J connectivity index is 1.58. The molecule has 0 radical (unpaired) electrons. The van der Waals surface area contributed by atoms with Gasteiger partial charge in [-0.2, -0.15) is 0 Å². The molecule has 0 saturated carbocycles. The number of amides is 1. The maximum atomic E-state index is 12.4. The summed E-state index contributed by atoms with van der Waals surface area (Å²) in [5, 5.41) is 6.40. The highest BCUT2D eigenvalue weighted by atomic mass is 16.1. The van der Waals surface area contributed by atoms with Gasteiger partial charge in [-0.1, -0.05) is 37.6 Å². The molecule has 2 heterocycles. The van der Waals surface area contributed by atoms with Crippen molar-refractivity contribution in [1.82, 2.24) is 15.5 Å². The fourth-order valence-corrected chi connectivity index (χ4v) is 3.72. The molecule has 132 valence electrons. The van der Waals surface area contributed by atoms with Crippen molar-refractivity contribution in [2.24, 2.45) is 11.8 Å². The van der Waals surface area contributed by atoms with E-state index in [4.69, 9.17) is 0 Å². The van der Waals surface area contributed by atoms with E-state index in [2.05, 4.69) is 46.7 Å². The number of nitrogens with zero attached hydrogens (tertiary/aromatic N) is 1. The Morgan fingerprint density at radius 1 is 1.29 bits per heavy atom. The van der Waals surface area contributed by atoms with Crippen LogP contribution in [0.3, 0.4) is 0 Å². The minimum Gasteiger partial charge on any atom is -0.352 e. The molecule has 2 aliphatic rings. The van der Waals surface area contributed by atoms with Crippen molar-refractivity contribution in [2.75, 3.05) is 19.6 Å². The average molecular weight is 329 g/mol. The lowest BCUT2D eigenvalue weighted by molar-refractivity contribution is -0.126. The maximum Gasteiger partial charge on any atom is 0.223 e. The van der Waals surface area contributed by atoms with Gasteiger partial charge in [-0.3, -0.25) is 9.69 Å². The number of hydrogen-bond donors (Lipinski definition) is 2. The molecule has 24 heavy (non-hydrogen) atoms. The molecule has 0 bridgehead atoms. The minimum atomic E-state index is 0.0977. The van der Waals surface area contributed by atoms with Gasteiger partial charge in [0.2, 0.25) is 5.91 Å². The van der Waals surface area contributed by atoms with Crippen LogP contribution in [0.4, 0.5) is 0 Å². The molecule has 0 aromatic heterocycles. The van der Waals surface area contributed by atoms with Crippen molar-refractivity contribution < 1.29 is 4.79 Å². The van der Waals surface area contributed by atoms with Crippen LogP contribution in [0.5, 0.6) is 0 Å². The summed E-state index contributed by atoms with van der Waals surface area (Å²) in [5.74, 6) is 0.776. The van der Waals surface area contributed by atoms with Gasteiger partial charge in [0, 0.05) is 25.0 Å². The number of rotatable bonds is 6. The SMILES string of the molecule is CC(C(=O)NCc1ccccc1CN1CCCCC1C)C1CNC1. The Kier molecular flexibility index (Phi) is 5.90. The molecule has 4 nitrogen and oxygen atoms in total. The topological polar surface area (TPSA) is 44.4 Å². The summed E-state index contributed by atoms with van der Waals surface area (Å²) < 4.78 is 0. The number of carbonyl (C=O) groups is 1. The van der Waals surface area contributed by atoms with Gasteiger partial charge in [-0.05, 0) is 56.4 Å². The predicted molar refractivity (Wildman–Crippen MR) is 97.5 cm³/mol. The van der Waals surface area contributed by atoms with Crippen LogP contribution in [-0.4, -0.2) is 36.5 Å². The fraction of sp³-hybridized carbons (Fsp3) is 0.650. The van der Waals surface area contributed by atoms with Gasteiger partial charge in [0.25, 0.3) is 0 Å². The summed E-state index contributed by atoms with van der Waals surface area (Å²) in [5.41, 5.74) is 2.60. The Morgan fingerprint density at radius 2 is 2.04 bits per heavy atom. The Hall–Kier alpha value is -1.39. The van der Waals surface area contributed by atoms with Crippen molar-refractivity contribution in [3.63, 3.8) is 0 Å². The highest BCUT2D eigenvalue weighted by molar-refractivity contribution is 5.78. The van der Waals surface area contributed by atoms with E-state index in [9.17, 15) is 4.79 Å². The quantitative estimate of drug-likeness (QED) is 0.843. The zero-order valence-corrected chi connectivity index (χ0v) is 15.1. The van der Waals surface area contributed by atoms with Gasteiger partial charge in [-0.15, -0.1) is 0 Å². The van der Waals surface area contributed by atoms with Crippen LogP contribution < -0.4 is 10.6 Å². The zero-order valence-electron chi connectivity index (χ0n) is 15.1. The first-order valence-corrected chi connectivity index (χ1v) is 9.44. The van der Waals surface area contributed by atoms with E-state index >= 15 is 0 Å². The van der Waals surface area contributed by atoms with E-state index in [1.165, 1.54) is 36.9 Å². The third kappa shape index (κ3) is 4.17. The molecule has 2 unspecified atom stereocenters. The van der Waals surface area contributed by atoms with Crippen LogP contribution in [0.15, 0.2) is 24.3 Å². The van der Waals surface area contributed by atoms with Gasteiger partial charge in [0.1, 0.15) is 0 Å². The summed E-state index contributed by atoms with van der Waals surface area (Å²) in [6, 6.07) is 9.21. The van der Waals surface area contributed by atoms with E-state index in [1.54, 1.807) is 0 Å². The van der Waals surface area contributed by atoms with Crippen molar-refractivity contribution in [3.8, 4) is 0 Å². The largest absolute Gasteiger partial charge is 0.352 e. The van der Waals surface area contributed by atoms with Crippen LogP contribution >= 0.6 is 0 Å². The summed E-state index contributed by atoms with van der Waals surface area (Å²) in [4.78, 5) is 14.9. The molecule has 0 spiro atoms. The molecule has 2 saturated heterocycles. The van der Waals surface area contributed by atoms with Gasteiger partial charge in [0.05, 0.1) is 0 Å². The minimum absolute atomic E-state index is 0.0977. The Morgan fingerprint density at radius 3 is 2.71 bits per heavy atom. The van der Waals surface area contributed by atoms with Gasteiger partial charge < -0.3 is 10.6 Å². The van der Waals surface area contributed by atoms with Crippen molar-refractivity contribution in [3.05, 3.63) is 35.4 Å². The normalized spacial score (nSPS) is 23.5. The average Bonchev–Trinajstić information content (AvgIpc) is 2.54. The van der Waals surface area contributed by atoms with Crippen LogP contribution in [0.1, 0.15) is 44.2 Å². The van der Waals surface area contributed by atoms with Crippen molar-refractivity contribution in [2.45, 2.75) is 52.2 Å². The molecule has 2 aliphatic heterocycles. The molecular weight excluding hydrogens is 298 g/mol. The highest BCUT2D eigenvalue weighted by Crippen LogP contribution is 2.21. The lowest BCUT2D eigenvalue weighted by atomic mass is 9.88. The van der Waals surface area contributed by atoms with E-state index in [0.29, 0.717) is 18.5 Å². The van der Waals surface area contributed by atoms with Crippen LogP contribution in [-0.2, 0) is 17.9 Å². The van der Waals surface area contributed by atoms with Crippen molar-refractivity contribution >= 4 is 5.91 Å². The number of hydrogen-bond acceptors (Lipinski definition) is 3. The van der Waals surface area contributed by atoms with E-state index in [0.717, 1.165) is 19.6 Å². The van der Waals surface area contributed by atoms with E-state index in [1.807, 2.05) is 6.92 Å². The predicted octanol–water partition coefficient (Wildman–Crippen LogP) is 2.53. The van der Waals surface area contributed by atoms with Crippen LogP contribution in [0.2, 0.25) is 0 Å². The molecule has 4 heteroatoms. The van der Waals surface area contributed by atoms with Gasteiger partial charge in [-0.25, -0.2) is 0 Å². The highest BCUT2D eigenvalue weighted by Gasteiger charge is 2.28. The third-order valence-electron chi connectivity index (χ3n) is 5.82. The monoisotopic (exact) mass is 329 g/mol. The number of benzene rings is 1. The van der Waals surface area contributed by atoms with E-state index in [-0.39, 0.29) is 11.8 Å². The van der Waals surface area contributed by atoms with Crippen LogP contribution in [0.25, 0.3) is 0 Å². The maximum absolute atomic E-state index is 12.4. The van der Waals surface area contributed by atoms with Crippen LogP contribution in [0, 0.1) is 11.8 Å². The first-order valence-electron chi connectivity index (χ1n) is 9.44. The Bertz CT molecular complexity index is 556. The zero-order chi connectivity index (χ0) is 16.9. The molecule has 2 atom stereocenters. The standard InChI is InChI=1S/C20H31N3O/c1-15-7-5-6-10-23(15)14-18-9-4-3-8-17(18)13-22-20(24)16(2)19-11-21-12-19/h3-4,8-9,15-16,19,21H,5-7,10-14H2,1-2H3,(H,22,24). The Labute approximate surface area is 146 Å². The second-order valence-corrected chi connectivity index (χ2v) is 7.51. The van der Waals surface area contributed by atoms with Gasteiger partial charge >= 0.3 is 0 Å². The summed E-state index contributed by atoms with van der Waals surface area (Å²) in [6.45, 7) is 9.14. The molecule has 1 amide bonds. The summed E-state index contributed by atoms with van der Waals surface area (Å²) in [6.07, 6.45) is 3.95. The molecule has 1 aromatic rings. The van der Waals surface area contributed by atoms with Crippen molar-refractivity contribution in [1.29, 1.82) is 0 Å². The lowest BCUT2D eigenvalue weighted by Crippen LogP contribution is -2.49. The molecule has 2 N–H and O–H groups in total. The molecule has 2 fully saturated rings. The van der Waals surface area contributed by atoms with Gasteiger partial charge in [0.15, 0.2) is 0 Å². The number of piperidine rings is 1. The second-order valence-electron chi connectivity index (χ2n) is 7.51. The van der Waals surface area contributed by atoms with E-state index < -0.39 is 0 Å². The molecular formula is C20H31N3O. The first kappa shape index (κ1) is 17.4. The number of nitrogens with one attached hydrogen (secondary N) is 2. The smallest absolute Gasteiger partial charge is 0.223 e. The second kappa shape index (κ2) is 8.13. The molecule has 1 aromatic carbocycles. The lowest BCUT2D eigenvalue weighted by Gasteiger charge is -2.34. The molecule has 3 rings (SSSR count). The summed E-state index contributed by atoms with van der Waals surface area (Å²) in [7, 11) is 0. The number of likely N-dealkylation sites (tertiary alicyclic amines) is 1. The number of carbonyl (C=O) groups excluding carboxylic acids is 1. The third-order valence-corrected chi connectivity index (χ3v) is 5.82. The fourth-order valence-electron chi connectivity index (χ4n) is 3.72. The summed E-state index contributed by atoms with van der Waals surface area (Å²) >= 11 is 0. The molecule has 0 aliphatic carbocycles.